The highest BCUT2D eigenvalue weighted by Crippen LogP contribution is 2.71. The van der Waals surface area contributed by atoms with Crippen molar-refractivity contribution in [1.29, 1.82) is 0 Å². The Morgan fingerprint density at radius 2 is 1.77 bits per heavy atom. The second-order valence-electron chi connectivity index (χ2n) is 14.6. The largest absolute Gasteiger partial charge is 0.487 e. The number of benzene rings is 1. The van der Waals surface area contributed by atoms with Gasteiger partial charge in [0.25, 0.3) is 5.91 Å². The third kappa shape index (κ3) is 3.86. The van der Waals surface area contributed by atoms with E-state index in [2.05, 4.69) is 25.7 Å². The number of fused-ring (bicyclic) bond motifs is 7. The van der Waals surface area contributed by atoms with Crippen LogP contribution >= 0.6 is 0 Å². The van der Waals surface area contributed by atoms with E-state index in [0.29, 0.717) is 42.4 Å². The molecule has 6 fully saturated rings. The molecule has 2 saturated heterocycles. The van der Waals surface area contributed by atoms with Gasteiger partial charge in [0, 0.05) is 17.5 Å². The molecule has 12 atom stereocenters. The Kier molecular flexibility index (Phi) is 6.17. The third-order valence-corrected chi connectivity index (χ3v) is 13.0. The zero-order valence-corrected chi connectivity index (χ0v) is 23.9. The zero-order chi connectivity index (χ0) is 27.2. The molecule has 6 heteroatoms. The second kappa shape index (κ2) is 9.17. The Balaban J connectivity index is 1.17. The summed E-state index contributed by atoms with van der Waals surface area (Å²) in [5, 5.41) is 11.3. The fourth-order valence-electron chi connectivity index (χ4n) is 10.6. The van der Waals surface area contributed by atoms with Crippen LogP contribution in [0.3, 0.4) is 0 Å². The van der Waals surface area contributed by atoms with E-state index in [1.807, 2.05) is 30.3 Å². The maximum absolute atomic E-state index is 13.9. The highest BCUT2D eigenvalue weighted by atomic mass is 19.1. The second-order valence-corrected chi connectivity index (χ2v) is 14.6. The number of para-hydroxylation sites is 1. The van der Waals surface area contributed by atoms with Gasteiger partial charge >= 0.3 is 0 Å². The minimum absolute atomic E-state index is 0.0517. The molecule has 5 nitrogen and oxygen atoms in total. The number of carbonyl (C=O) groups is 1. The molecule has 7 rings (SSSR count). The fraction of sp³-hybridized carbons (Fsp3) is 0.788. The number of hydrogen-bond donors (Lipinski definition) is 1. The first kappa shape index (κ1) is 26.3. The summed E-state index contributed by atoms with van der Waals surface area (Å²) in [6, 6.07) is 10.0. The van der Waals surface area contributed by atoms with Crippen molar-refractivity contribution in [3.8, 4) is 5.75 Å². The number of hydrogen-bond acceptors (Lipinski definition) is 4. The van der Waals surface area contributed by atoms with Crippen LogP contribution in [-0.4, -0.2) is 59.1 Å². The van der Waals surface area contributed by atoms with Gasteiger partial charge in [-0.05, 0) is 112 Å². The van der Waals surface area contributed by atoms with Gasteiger partial charge in [0.1, 0.15) is 24.1 Å². The van der Waals surface area contributed by atoms with Crippen LogP contribution in [0.1, 0.15) is 78.6 Å². The van der Waals surface area contributed by atoms with E-state index < -0.39 is 18.4 Å². The minimum Gasteiger partial charge on any atom is -0.487 e. The van der Waals surface area contributed by atoms with E-state index in [0.717, 1.165) is 50.8 Å². The summed E-state index contributed by atoms with van der Waals surface area (Å²) in [5.74, 6) is 3.94. The maximum atomic E-state index is 13.9. The van der Waals surface area contributed by atoms with Gasteiger partial charge in [-0.1, -0.05) is 32.0 Å². The van der Waals surface area contributed by atoms with Crippen LogP contribution in [0.4, 0.5) is 4.39 Å². The Morgan fingerprint density at radius 1 is 1.00 bits per heavy atom. The molecule has 4 saturated carbocycles. The molecule has 0 radical (unpaired) electrons. The Morgan fingerprint density at radius 3 is 2.51 bits per heavy atom. The third-order valence-electron chi connectivity index (χ3n) is 13.0. The summed E-state index contributed by atoms with van der Waals surface area (Å²) in [6.45, 7) is 8.15. The van der Waals surface area contributed by atoms with Crippen LogP contribution in [0, 0.1) is 40.4 Å². The van der Waals surface area contributed by atoms with Gasteiger partial charge < -0.3 is 19.5 Å². The first-order valence-electron chi connectivity index (χ1n) is 15.6. The van der Waals surface area contributed by atoms with E-state index in [4.69, 9.17) is 9.47 Å². The Bertz CT molecular complexity index is 1090. The van der Waals surface area contributed by atoms with E-state index >= 15 is 0 Å². The van der Waals surface area contributed by atoms with Crippen LogP contribution in [0.5, 0.6) is 5.75 Å². The summed E-state index contributed by atoms with van der Waals surface area (Å²) in [6.07, 6.45) is 6.18. The van der Waals surface area contributed by atoms with Gasteiger partial charge in [-0.3, -0.25) is 4.79 Å². The number of alkyl halides is 1. The van der Waals surface area contributed by atoms with E-state index in [-0.39, 0.29) is 35.0 Å². The van der Waals surface area contributed by atoms with Crippen molar-refractivity contribution in [1.82, 2.24) is 4.90 Å². The van der Waals surface area contributed by atoms with Gasteiger partial charge in [-0.15, -0.1) is 0 Å². The first-order valence-corrected chi connectivity index (χ1v) is 15.6. The number of aliphatic hydroxyl groups is 1. The lowest BCUT2D eigenvalue weighted by atomic mass is 9.39. The van der Waals surface area contributed by atoms with E-state index in [1.54, 1.807) is 0 Å². The monoisotopic (exact) mass is 539 g/mol. The van der Waals surface area contributed by atoms with Gasteiger partial charge in [-0.25, -0.2) is 4.39 Å². The lowest BCUT2D eigenvalue weighted by Gasteiger charge is -2.68. The average molecular weight is 540 g/mol. The standard InChI is InChI=1S/C33H46FNO4/c1-31-15-13-26(36)29(39-22-7-5-4-6-8-22)32(31,2)14-11-23-25(31)12-16-33(3)28(23)24-17-20(24)18-35(33)30(37)27-10-9-21(34)19-38-27/h4-8,20-21,23-29,36H,9-19H2,1-3H3/t20?,21-,23+,24+,25-,26-,27+,28+,29-,31+,32-,33-/m0/s1. The SMILES string of the molecule is C[C@]12CC[C@H]3[C@@H](CC[C@@]4(C)[C@@H](Oc5ccccc5)[C@@H](O)CC[C@]34C)[C@@H]1[C@@H]1CC1CN2C(=O)[C@H]1CC[C@H](F)CO1. The smallest absolute Gasteiger partial charge is 0.252 e. The van der Waals surface area contributed by atoms with Crippen LogP contribution in [0.2, 0.25) is 0 Å². The molecule has 214 valence electrons. The maximum Gasteiger partial charge on any atom is 0.252 e. The predicted molar refractivity (Wildman–Crippen MR) is 147 cm³/mol. The molecule has 4 aliphatic carbocycles. The molecule has 0 bridgehead atoms. The highest BCUT2D eigenvalue weighted by molar-refractivity contribution is 5.82. The summed E-state index contributed by atoms with van der Waals surface area (Å²) < 4.78 is 26.1. The Labute approximate surface area is 232 Å². The van der Waals surface area contributed by atoms with Crippen LogP contribution in [-0.2, 0) is 9.53 Å². The molecule has 0 aromatic heterocycles. The molecule has 1 unspecified atom stereocenters. The van der Waals surface area contributed by atoms with E-state index in [1.165, 1.54) is 6.42 Å². The number of likely N-dealkylation sites (tertiary alicyclic amines) is 1. The highest BCUT2D eigenvalue weighted by Gasteiger charge is 2.70. The van der Waals surface area contributed by atoms with Crippen molar-refractivity contribution in [2.45, 2.75) is 109 Å². The molecular formula is C33H46FNO4. The number of ether oxygens (including phenoxy) is 2. The molecule has 2 aliphatic heterocycles. The van der Waals surface area contributed by atoms with Crippen LogP contribution in [0.15, 0.2) is 30.3 Å². The molecule has 1 aromatic rings. The number of aliphatic hydroxyl groups excluding tert-OH is 1. The number of amides is 1. The molecule has 1 amide bonds. The summed E-state index contributed by atoms with van der Waals surface area (Å²) in [4.78, 5) is 16.1. The number of halogens is 1. The molecule has 2 heterocycles. The number of carbonyl (C=O) groups excluding carboxylic acids is 1. The van der Waals surface area contributed by atoms with E-state index in [9.17, 15) is 14.3 Å². The van der Waals surface area contributed by atoms with Gasteiger partial charge in [0.2, 0.25) is 0 Å². The predicted octanol–water partition coefficient (Wildman–Crippen LogP) is 5.79. The summed E-state index contributed by atoms with van der Waals surface area (Å²) in [5.41, 5.74) is -0.180. The van der Waals surface area contributed by atoms with Gasteiger partial charge in [0.05, 0.1) is 12.7 Å². The quantitative estimate of drug-likeness (QED) is 0.528. The summed E-state index contributed by atoms with van der Waals surface area (Å²) >= 11 is 0. The van der Waals surface area contributed by atoms with Gasteiger partial charge in [0.15, 0.2) is 0 Å². The Hall–Kier alpha value is -1.66. The first-order chi connectivity index (χ1) is 18.7. The van der Waals surface area contributed by atoms with Crippen molar-refractivity contribution in [3.63, 3.8) is 0 Å². The molecule has 0 spiro atoms. The minimum atomic E-state index is -0.942. The van der Waals surface area contributed by atoms with Crippen molar-refractivity contribution < 1.29 is 23.8 Å². The van der Waals surface area contributed by atoms with Crippen molar-refractivity contribution >= 4 is 5.91 Å². The lowest BCUT2D eigenvalue weighted by molar-refractivity contribution is -0.224. The molecule has 39 heavy (non-hydrogen) atoms. The topological polar surface area (TPSA) is 59.0 Å². The van der Waals surface area contributed by atoms with Crippen molar-refractivity contribution in [2.24, 2.45) is 40.4 Å². The lowest BCUT2D eigenvalue weighted by Crippen LogP contribution is -2.69. The normalized spacial score (nSPS) is 50.6. The van der Waals surface area contributed by atoms with Crippen molar-refractivity contribution in [3.05, 3.63) is 30.3 Å². The average Bonchev–Trinajstić information content (AvgIpc) is 3.71. The number of piperidine rings is 1. The molecule has 1 N–H and O–H groups in total. The number of nitrogens with zero attached hydrogens (tertiary/aromatic N) is 1. The molecular weight excluding hydrogens is 493 g/mol. The van der Waals surface area contributed by atoms with Crippen LogP contribution in [0.25, 0.3) is 0 Å². The summed E-state index contributed by atoms with van der Waals surface area (Å²) in [7, 11) is 0. The zero-order valence-electron chi connectivity index (χ0n) is 23.9. The van der Waals surface area contributed by atoms with Gasteiger partial charge in [-0.2, -0.15) is 0 Å². The molecule has 6 aliphatic rings. The van der Waals surface area contributed by atoms with Crippen molar-refractivity contribution in [2.75, 3.05) is 13.2 Å². The fourth-order valence-corrected chi connectivity index (χ4v) is 10.6. The molecule has 1 aromatic carbocycles. The van der Waals surface area contributed by atoms with Crippen LogP contribution < -0.4 is 4.74 Å². The number of rotatable bonds is 3.